The van der Waals surface area contributed by atoms with E-state index in [0.29, 0.717) is 32.7 Å². The fourth-order valence-electron chi connectivity index (χ4n) is 2.15. The number of carbonyl (C=O) groups is 1. The zero-order valence-corrected chi connectivity index (χ0v) is 12.2. The summed E-state index contributed by atoms with van der Waals surface area (Å²) in [6, 6.07) is 7.25. The van der Waals surface area contributed by atoms with Crippen LogP contribution in [-0.2, 0) is 9.53 Å². The van der Waals surface area contributed by atoms with Crippen molar-refractivity contribution < 1.29 is 19.4 Å². The van der Waals surface area contributed by atoms with E-state index < -0.39 is 6.10 Å². The van der Waals surface area contributed by atoms with Crippen LogP contribution in [0.5, 0.6) is 5.75 Å². The van der Waals surface area contributed by atoms with Crippen LogP contribution >= 0.6 is 0 Å². The predicted octanol–water partition coefficient (Wildman–Crippen LogP) is 1.53. The maximum absolute atomic E-state index is 11.9. The number of hydrogen-bond acceptors (Lipinski definition) is 4. The number of hydrogen-bond donors (Lipinski definition) is 1. The van der Waals surface area contributed by atoms with Crippen LogP contribution in [0.4, 0.5) is 0 Å². The summed E-state index contributed by atoms with van der Waals surface area (Å²) in [5.74, 6) is 0.726. The molecule has 114 valence electrons. The quantitative estimate of drug-likeness (QED) is 0.836. The van der Waals surface area contributed by atoms with Gasteiger partial charge in [-0.05, 0) is 30.2 Å². The van der Waals surface area contributed by atoms with Crippen LogP contribution < -0.4 is 4.74 Å². The molecule has 0 aromatic heterocycles. The van der Waals surface area contributed by atoms with Gasteiger partial charge in [0.2, 0.25) is 5.91 Å². The first-order valence-corrected chi connectivity index (χ1v) is 7.06. The first kappa shape index (κ1) is 15.5. The van der Waals surface area contributed by atoms with Gasteiger partial charge in [0.15, 0.2) is 0 Å². The molecule has 0 saturated carbocycles. The molecule has 1 fully saturated rings. The van der Waals surface area contributed by atoms with Crippen molar-refractivity contribution in [3.05, 3.63) is 42.0 Å². The molecular formula is C16H21NO4. The lowest BCUT2D eigenvalue weighted by atomic mass is 10.1. The fraction of sp³-hybridized carbons (Fsp3) is 0.438. The molecule has 1 N–H and O–H groups in total. The highest BCUT2D eigenvalue weighted by Gasteiger charge is 2.14. The number of aliphatic hydroxyl groups excluding tert-OH is 1. The van der Waals surface area contributed by atoms with Crippen molar-refractivity contribution >= 4 is 5.91 Å². The molecule has 1 heterocycles. The minimum absolute atomic E-state index is 0.0276. The standard InChI is InChI=1S/C16H21NO4/c1-20-14-7-5-13(6-8-14)15(18)3-2-4-16(19)17-9-11-21-12-10-17/h2,4-8,15,18H,3,9-12H2,1H3/b4-2+/t15-/m1/s1. The lowest BCUT2D eigenvalue weighted by molar-refractivity contribution is -0.129. The van der Waals surface area contributed by atoms with Crippen molar-refractivity contribution in [1.29, 1.82) is 0 Å². The van der Waals surface area contributed by atoms with Crippen LogP contribution in [0.3, 0.4) is 0 Å². The van der Waals surface area contributed by atoms with Gasteiger partial charge in [-0.15, -0.1) is 0 Å². The first-order chi connectivity index (χ1) is 10.2. The Labute approximate surface area is 124 Å². The number of carbonyl (C=O) groups excluding carboxylic acids is 1. The number of ether oxygens (including phenoxy) is 2. The molecule has 5 nitrogen and oxygen atoms in total. The number of nitrogens with zero attached hydrogens (tertiary/aromatic N) is 1. The molecule has 1 aromatic rings. The van der Waals surface area contributed by atoms with Gasteiger partial charge < -0.3 is 19.5 Å². The van der Waals surface area contributed by atoms with Crippen molar-refractivity contribution in [2.45, 2.75) is 12.5 Å². The average molecular weight is 291 g/mol. The van der Waals surface area contributed by atoms with Gasteiger partial charge >= 0.3 is 0 Å². The highest BCUT2D eigenvalue weighted by atomic mass is 16.5. The topological polar surface area (TPSA) is 59.0 Å². The number of aliphatic hydroxyl groups is 1. The van der Waals surface area contributed by atoms with E-state index in [0.717, 1.165) is 11.3 Å². The molecule has 2 rings (SSSR count). The second kappa shape index (κ2) is 7.81. The van der Waals surface area contributed by atoms with Gasteiger partial charge in [-0.1, -0.05) is 18.2 Å². The molecule has 0 aliphatic carbocycles. The number of amides is 1. The predicted molar refractivity (Wildman–Crippen MR) is 79.1 cm³/mol. The zero-order chi connectivity index (χ0) is 15.1. The van der Waals surface area contributed by atoms with E-state index in [4.69, 9.17) is 9.47 Å². The lowest BCUT2D eigenvalue weighted by Crippen LogP contribution is -2.39. The van der Waals surface area contributed by atoms with Crippen LogP contribution in [0.2, 0.25) is 0 Å². The summed E-state index contributed by atoms with van der Waals surface area (Å²) in [5, 5.41) is 10.1. The van der Waals surface area contributed by atoms with Gasteiger partial charge in [-0.2, -0.15) is 0 Å². The van der Waals surface area contributed by atoms with E-state index >= 15 is 0 Å². The molecule has 1 aliphatic heterocycles. The van der Waals surface area contributed by atoms with E-state index in [9.17, 15) is 9.90 Å². The average Bonchev–Trinajstić information content (AvgIpc) is 2.55. The van der Waals surface area contributed by atoms with Crippen LogP contribution in [0.25, 0.3) is 0 Å². The molecule has 0 bridgehead atoms. The van der Waals surface area contributed by atoms with E-state index in [1.807, 2.05) is 12.1 Å². The molecular weight excluding hydrogens is 270 g/mol. The van der Waals surface area contributed by atoms with Gasteiger partial charge in [0.25, 0.3) is 0 Å². The van der Waals surface area contributed by atoms with E-state index in [1.165, 1.54) is 6.08 Å². The molecule has 0 radical (unpaired) electrons. The molecule has 1 aromatic carbocycles. The Balaban J connectivity index is 1.83. The Morgan fingerprint density at radius 3 is 2.67 bits per heavy atom. The number of morpholine rings is 1. The number of methoxy groups -OCH3 is 1. The first-order valence-electron chi connectivity index (χ1n) is 7.06. The van der Waals surface area contributed by atoms with Crippen LogP contribution in [0, 0.1) is 0 Å². The molecule has 5 heteroatoms. The Kier molecular flexibility index (Phi) is 5.78. The van der Waals surface area contributed by atoms with Crippen molar-refractivity contribution in [2.24, 2.45) is 0 Å². The highest BCUT2D eigenvalue weighted by Crippen LogP contribution is 2.20. The summed E-state index contributed by atoms with van der Waals surface area (Å²) < 4.78 is 10.3. The van der Waals surface area contributed by atoms with E-state index in [1.54, 1.807) is 30.2 Å². The van der Waals surface area contributed by atoms with Crippen LogP contribution in [0.1, 0.15) is 18.1 Å². The van der Waals surface area contributed by atoms with Gasteiger partial charge in [-0.3, -0.25) is 4.79 Å². The van der Waals surface area contributed by atoms with Gasteiger partial charge in [0.05, 0.1) is 26.4 Å². The molecule has 0 spiro atoms. The molecule has 1 amide bonds. The summed E-state index contributed by atoms with van der Waals surface area (Å²) in [5.41, 5.74) is 0.805. The SMILES string of the molecule is COc1ccc([C@H](O)C/C=C/C(=O)N2CCOCC2)cc1. The minimum atomic E-state index is -0.621. The normalized spacial score (nSPS) is 17.0. The van der Waals surface area contributed by atoms with E-state index in [-0.39, 0.29) is 5.91 Å². The third-order valence-electron chi connectivity index (χ3n) is 3.44. The van der Waals surface area contributed by atoms with Crippen LogP contribution in [-0.4, -0.2) is 49.3 Å². The van der Waals surface area contributed by atoms with Gasteiger partial charge in [0, 0.05) is 13.1 Å². The summed E-state index contributed by atoms with van der Waals surface area (Å²) >= 11 is 0. The monoisotopic (exact) mass is 291 g/mol. The lowest BCUT2D eigenvalue weighted by Gasteiger charge is -2.25. The summed E-state index contributed by atoms with van der Waals surface area (Å²) in [7, 11) is 1.60. The molecule has 1 aliphatic rings. The molecule has 21 heavy (non-hydrogen) atoms. The van der Waals surface area contributed by atoms with Gasteiger partial charge in [0.1, 0.15) is 5.75 Å². The second-order valence-corrected chi connectivity index (χ2v) is 4.86. The largest absolute Gasteiger partial charge is 0.497 e. The maximum atomic E-state index is 11.9. The Morgan fingerprint density at radius 2 is 2.05 bits per heavy atom. The molecule has 0 unspecified atom stereocenters. The smallest absolute Gasteiger partial charge is 0.246 e. The minimum Gasteiger partial charge on any atom is -0.497 e. The third kappa shape index (κ3) is 4.58. The molecule has 1 saturated heterocycles. The number of benzene rings is 1. The third-order valence-corrected chi connectivity index (χ3v) is 3.44. The Hall–Kier alpha value is -1.85. The molecule has 1 atom stereocenters. The summed E-state index contributed by atoms with van der Waals surface area (Å²) in [4.78, 5) is 13.6. The summed E-state index contributed by atoms with van der Waals surface area (Å²) in [6.07, 6.45) is 3.03. The van der Waals surface area contributed by atoms with Crippen molar-refractivity contribution in [1.82, 2.24) is 4.90 Å². The fourth-order valence-corrected chi connectivity index (χ4v) is 2.15. The van der Waals surface area contributed by atoms with E-state index in [2.05, 4.69) is 0 Å². The zero-order valence-electron chi connectivity index (χ0n) is 12.2. The number of rotatable bonds is 5. The second-order valence-electron chi connectivity index (χ2n) is 4.86. The van der Waals surface area contributed by atoms with Gasteiger partial charge in [-0.25, -0.2) is 0 Å². The van der Waals surface area contributed by atoms with Crippen molar-refractivity contribution in [3.8, 4) is 5.75 Å². The summed E-state index contributed by atoms with van der Waals surface area (Å²) in [6.45, 7) is 2.44. The van der Waals surface area contributed by atoms with Crippen LogP contribution in [0.15, 0.2) is 36.4 Å². The van der Waals surface area contributed by atoms with Crippen molar-refractivity contribution in [3.63, 3.8) is 0 Å². The highest BCUT2D eigenvalue weighted by molar-refractivity contribution is 5.87. The Morgan fingerprint density at radius 1 is 1.38 bits per heavy atom. The Bertz CT molecular complexity index is 478. The van der Waals surface area contributed by atoms with Crippen molar-refractivity contribution in [2.75, 3.05) is 33.4 Å². The maximum Gasteiger partial charge on any atom is 0.246 e.